The van der Waals surface area contributed by atoms with Crippen molar-refractivity contribution in [2.45, 2.75) is 23.7 Å². The van der Waals surface area contributed by atoms with Crippen LogP contribution < -0.4 is 0 Å². The number of nitrogens with zero attached hydrogens (tertiary/aromatic N) is 3. The fourth-order valence-electron chi connectivity index (χ4n) is 3.08. The molecule has 142 valence electrons. The van der Waals surface area contributed by atoms with E-state index in [2.05, 4.69) is 10.2 Å². The molecule has 10 heteroatoms. The van der Waals surface area contributed by atoms with Crippen LogP contribution in [0.2, 0.25) is 0 Å². The molecule has 3 aromatic rings. The predicted octanol–water partition coefficient (Wildman–Crippen LogP) is 3.64. The van der Waals surface area contributed by atoms with Gasteiger partial charge in [-0.05, 0) is 42.5 Å². The number of thiophene rings is 1. The first-order valence-corrected chi connectivity index (χ1v) is 10.6. The van der Waals surface area contributed by atoms with Crippen LogP contribution in [-0.2, 0) is 10.0 Å². The Morgan fingerprint density at radius 1 is 1.22 bits per heavy atom. The molecule has 6 nitrogen and oxygen atoms in total. The van der Waals surface area contributed by atoms with Gasteiger partial charge in [-0.1, -0.05) is 6.07 Å². The first-order chi connectivity index (χ1) is 12.9. The minimum Gasteiger partial charge on any atom is -0.420 e. The highest BCUT2D eigenvalue weighted by molar-refractivity contribution is 7.89. The molecule has 1 unspecified atom stereocenters. The van der Waals surface area contributed by atoms with Crippen molar-refractivity contribution in [3.05, 3.63) is 53.2 Å². The van der Waals surface area contributed by atoms with Crippen molar-refractivity contribution >= 4 is 21.4 Å². The quantitative estimate of drug-likeness (QED) is 0.655. The van der Waals surface area contributed by atoms with Crippen molar-refractivity contribution in [3.8, 4) is 10.8 Å². The summed E-state index contributed by atoms with van der Waals surface area (Å²) in [5.41, 5.74) is 0. The van der Waals surface area contributed by atoms with Crippen molar-refractivity contribution in [2.24, 2.45) is 0 Å². The summed E-state index contributed by atoms with van der Waals surface area (Å²) in [4.78, 5) is 0.170. The Kier molecular flexibility index (Phi) is 4.79. The molecule has 1 atom stereocenters. The highest BCUT2D eigenvalue weighted by atomic mass is 32.2. The molecular formula is C17H15F2N3O3S2. The van der Waals surface area contributed by atoms with E-state index < -0.39 is 26.6 Å². The Morgan fingerprint density at radius 2 is 2.07 bits per heavy atom. The van der Waals surface area contributed by atoms with E-state index >= 15 is 0 Å². The van der Waals surface area contributed by atoms with Gasteiger partial charge in [0.2, 0.25) is 15.9 Å². The third-order valence-corrected chi connectivity index (χ3v) is 7.16. The highest BCUT2D eigenvalue weighted by Gasteiger charge is 2.35. The predicted molar refractivity (Wildman–Crippen MR) is 94.7 cm³/mol. The summed E-state index contributed by atoms with van der Waals surface area (Å²) in [6, 6.07) is 6.13. The minimum atomic E-state index is -4.16. The molecule has 1 aromatic carbocycles. The zero-order chi connectivity index (χ0) is 19.0. The van der Waals surface area contributed by atoms with E-state index in [1.165, 1.54) is 11.3 Å². The van der Waals surface area contributed by atoms with Crippen molar-refractivity contribution in [3.63, 3.8) is 0 Å². The third-order valence-electron chi connectivity index (χ3n) is 4.42. The number of piperidine rings is 1. The van der Waals surface area contributed by atoms with Crippen molar-refractivity contribution in [2.75, 3.05) is 13.1 Å². The van der Waals surface area contributed by atoms with E-state index in [1.54, 1.807) is 0 Å². The Labute approximate surface area is 158 Å². The number of aromatic nitrogens is 2. The number of hydrogen-bond acceptors (Lipinski definition) is 6. The summed E-state index contributed by atoms with van der Waals surface area (Å²) >= 11 is 1.46. The molecule has 0 aliphatic carbocycles. The lowest BCUT2D eigenvalue weighted by Crippen LogP contribution is -2.39. The molecule has 0 amide bonds. The summed E-state index contributed by atoms with van der Waals surface area (Å²) in [5, 5.41) is 9.96. The molecule has 4 rings (SSSR count). The van der Waals surface area contributed by atoms with Crippen LogP contribution in [-0.4, -0.2) is 36.0 Å². The lowest BCUT2D eigenvalue weighted by Gasteiger charge is -2.30. The molecule has 1 aliphatic rings. The molecular weight excluding hydrogens is 396 g/mol. The van der Waals surface area contributed by atoms with Crippen molar-refractivity contribution in [1.29, 1.82) is 0 Å². The van der Waals surface area contributed by atoms with Crippen LogP contribution >= 0.6 is 11.3 Å². The van der Waals surface area contributed by atoms with Gasteiger partial charge in [0.15, 0.2) is 0 Å². The second-order valence-electron chi connectivity index (χ2n) is 6.20. The van der Waals surface area contributed by atoms with E-state index in [9.17, 15) is 17.2 Å². The standard InChI is InChI=1S/C17H15F2N3O3S2/c18-12-5-6-13(19)15(9-12)27(23,24)22-7-1-3-11(10-22)16-20-21-17(25-16)14-4-2-8-26-14/h2,4-6,8-9,11H,1,3,7,10H2. The van der Waals surface area contributed by atoms with Crippen LogP contribution in [0.5, 0.6) is 0 Å². The fraction of sp³-hybridized carbons (Fsp3) is 0.294. The number of benzene rings is 1. The highest BCUT2D eigenvalue weighted by Crippen LogP contribution is 2.32. The maximum atomic E-state index is 14.0. The SMILES string of the molecule is O=S(=O)(c1cc(F)ccc1F)N1CCCC(c2nnc(-c3cccs3)o2)C1. The van der Waals surface area contributed by atoms with Gasteiger partial charge in [-0.2, -0.15) is 4.31 Å². The zero-order valence-corrected chi connectivity index (χ0v) is 15.6. The summed E-state index contributed by atoms with van der Waals surface area (Å²) in [5.74, 6) is -1.35. The molecule has 0 spiro atoms. The Balaban J connectivity index is 1.59. The van der Waals surface area contributed by atoms with Crippen LogP contribution in [0.3, 0.4) is 0 Å². The van der Waals surface area contributed by atoms with E-state index in [-0.39, 0.29) is 19.0 Å². The van der Waals surface area contributed by atoms with Crippen molar-refractivity contribution < 1.29 is 21.6 Å². The van der Waals surface area contributed by atoms with Gasteiger partial charge in [0.25, 0.3) is 5.89 Å². The molecule has 0 N–H and O–H groups in total. The van der Waals surface area contributed by atoms with Crippen LogP contribution in [0.15, 0.2) is 45.0 Å². The van der Waals surface area contributed by atoms with E-state index in [1.807, 2.05) is 17.5 Å². The molecule has 27 heavy (non-hydrogen) atoms. The number of hydrogen-bond donors (Lipinski definition) is 0. The fourth-order valence-corrected chi connectivity index (χ4v) is 5.32. The minimum absolute atomic E-state index is 0.0738. The maximum Gasteiger partial charge on any atom is 0.257 e. The summed E-state index contributed by atoms with van der Waals surface area (Å²) in [7, 11) is -4.16. The normalized spacial score (nSPS) is 18.7. The molecule has 1 aliphatic heterocycles. The summed E-state index contributed by atoms with van der Waals surface area (Å²) in [6.45, 7) is 0.297. The number of sulfonamides is 1. The molecule has 1 saturated heterocycles. The van der Waals surface area contributed by atoms with Gasteiger partial charge in [-0.3, -0.25) is 0 Å². The molecule has 3 heterocycles. The first-order valence-electron chi connectivity index (χ1n) is 8.27. The molecule has 1 fully saturated rings. The molecule has 0 radical (unpaired) electrons. The average Bonchev–Trinajstić information content (AvgIpc) is 3.35. The van der Waals surface area contributed by atoms with Gasteiger partial charge in [0, 0.05) is 13.1 Å². The van der Waals surface area contributed by atoms with Crippen LogP contribution in [0.4, 0.5) is 8.78 Å². The van der Waals surface area contributed by atoms with Gasteiger partial charge >= 0.3 is 0 Å². The smallest absolute Gasteiger partial charge is 0.257 e. The van der Waals surface area contributed by atoms with Gasteiger partial charge in [0.1, 0.15) is 16.5 Å². The van der Waals surface area contributed by atoms with E-state index in [0.717, 1.165) is 21.3 Å². The lowest BCUT2D eigenvalue weighted by molar-refractivity contribution is 0.285. The Morgan fingerprint density at radius 3 is 2.85 bits per heavy atom. The second kappa shape index (κ2) is 7.10. The van der Waals surface area contributed by atoms with Crippen LogP contribution in [0.25, 0.3) is 10.8 Å². The van der Waals surface area contributed by atoms with Crippen LogP contribution in [0, 0.1) is 11.6 Å². The second-order valence-corrected chi connectivity index (χ2v) is 9.05. The first kappa shape index (κ1) is 18.2. The Bertz CT molecular complexity index is 1050. The molecule has 0 bridgehead atoms. The monoisotopic (exact) mass is 411 g/mol. The summed E-state index contributed by atoms with van der Waals surface area (Å²) in [6.07, 6.45) is 1.22. The van der Waals surface area contributed by atoms with Gasteiger partial charge in [-0.15, -0.1) is 21.5 Å². The largest absolute Gasteiger partial charge is 0.420 e. The van der Waals surface area contributed by atoms with Crippen LogP contribution in [0.1, 0.15) is 24.7 Å². The Hall–Kier alpha value is -2.17. The van der Waals surface area contributed by atoms with E-state index in [4.69, 9.17) is 4.42 Å². The zero-order valence-electron chi connectivity index (χ0n) is 14.0. The maximum absolute atomic E-state index is 14.0. The third kappa shape index (κ3) is 3.52. The number of rotatable bonds is 4. The topological polar surface area (TPSA) is 76.3 Å². The van der Waals surface area contributed by atoms with Crippen molar-refractivity contribution in [1.82, 2.24) is 14.5 Å². The lowest BCUT2D eigenvalue weighted by atomic mass is 10.00. The van der Waals surface area contributed by atoms with Gasteiger partial charge in [-0.25, -0.2) is 17.2 Å². The number of halogens is 2. The average molecular weight is 411 g/mol. The molecule has 2 aromatic heterocycles. The van der Waals surface area contributed by atoms with Gasteiger partial charge in [0.05, 0.1) is 10.8 Å². The van der Waals surface area contributed by atoms with E-state index in [0.29, 0.717) is 30.7 Å². The van der Waals surface area contributed by atoms with Gasteiger partial charge < -0.3 is 4.42 Å². The summed E-state index contributed by atoms with van der Waals surface area (Å²) < 4.78 is 59.9. The molecule has 0 saturated carbocycles.